The average molecular weight is 469 g/mol. The molecule has 2 fully saturated rings. The van der Waals surface area contributed by atoms with Gasteiger partial charge < -0.3 is 20.1 Å². The highest BCUT2D eigenvalue weighted by Gasteiger charge is 2.25. The van der Waals surface area contributed by atoms with Crippen molar-refractivity contribution in [1.29, 1.82) is 0 Å². The first-order chi connectivity index (χ1) is 15.8. The Balaban J connectivity index is 1.34. The maximum atomic E-state index is 11.7. The van der Waals surface area contributed by atoms with Crippen molar-refractivity contribution in [2.75, 3.05) is 23.3 Å². The minimum Gasteiger partial charge on any atom is -0.477 e. The highest BCUT2D eigenvalue weighted by molar-refractivity contribution is 7.15. The predicted molar refractivity (Wildman–Crippen MR) is 131 cm³/mol. The van der Waals surface area contributed by atoms with E-state index in [9.17, 15) is 9.90 Å². The first-order valence-corrected chi connectivity index (χ1v) is 12.5. The van der Waals surface area contributed by atoms with Crippen molar-refractivity contribution in [3.8, 4) is 17.7 Å². The second kappa shape index (κ2) is 10.0. The smallest absolute Gasteiger partial charge is 0.348 e. The third-order valence-corrected chi connectivity index (χ3v) is 6.88. The number of thiophene rings is 1. The molecule has 4 rings (SSSR count). The van der Waals surface area contributed by atoms with Gasteiger partial charge in [-0.3, -0.25) is 4.98 Å². The fourth-order valence-electron chi connectivity index (χ4n) is 4.18. The number of aromatic carboxylic acids is 1. The van der Waals surface area contributed by atoms with Crippen molar-refractivity contribution in [2.45, 2.75) is 71.4 Å². The zero-order chi connectivity index (χ0) is 23.4. The molecule has 1 aliphatic heterocycles. The molecule has 2 N–H and O–H groups in total. The Morgan fingerprint density at radius 1 is 1.21 bits per heavy atom. The number of hydrogen-bond donors (Lipinski definition) is 2. The van der Waals surface area contributed by atoms with Crippen molar-refractivity contribution in [1.82, 2.24) is 9.97 Å². The SMILES string of the molecule is CC(C)(C)C#Cc1cc(NC2CCC(Oc3cncc(N4CCCC4)n3)CC2)c(C(=O)O)s1. The maximum Gasteiger partial charge on any atom is 0.348 e. The summed E-state index contributed by atoms with van der Waals surface area (Å²) in [6, 6.07) is 2.08. The lowest BCUT2D eigenvalue weighted by Gasteiger charge is -2.29. The van der Waals surface area contributed by atoms with Crippen LogP contribution in [0.4, 0.5) is 11.5 Å². The summed E-state index contributed by atoms with van der Waals surface area (Å²) in [7, 11) is 0. The van der Waals surface area contributed by atoms with Crippen molar-refractivity contribution in [3.63, 3.8) is 0 Å². The standard InChI is InChI=1S/C25H32N4O3S/c1-25(2,3)11-10-19-14-20(23(33-19)24(30)31)27-17-6-8-18(9-7-17)32-22-16-26-15-21(28-22)29-12-4-5-13-29/h14-18,27H,4-9,12-13H2,1-3H3,(H,30,31). The number of ether oxygens (including phenoxy) is 1. The predicted octanol–water partition coefficient (Wildman–Crippen LogP) is 5.04. The van der Waals surface area contributed by atoms with Gasteiger partial charge in [0.1, 0.15) is 11.0 Å². The summed E-state index contributed by atoms with van der Waals surface area (Å²) in [5.41, 5.74) is 0.539. The molecular weight excluding hydrogens is 436 g/mol. The third kappa shape index (κ3) is 6.38. The van der Waals surface area contributed by atoms with E-state index in [0.717, 1.165) is 49.5 Å². The van der Waals surface area contributed by atoms with Crippen LogP contribution < -0.4 is 15.0 Å². The van der Waals surface area contributed by atoms with Gasteiger partial charge in [0.2, 0.25) is 5.88 Å². The van der Waals surface area contributed by atoms with Crippen LogP contribution in [0.2, 0.25) is 0 Å². The second-order valence-electron chi connectivity index (χ2n) is 9.80. The lowest BCUT2D eigenvalue weighted by Crippen LogP contribution is -2.31. The van der Waals surface area contributed by atoms with E-state index in [0.29, 0.717) is 16.4 Å². The molecule has 176 valence electrons. The molecule has 1 saturated carbocycles. The molecule has 0 amide bonds. The summed E-state index contributed by atoms with van der Waals surface area (Å²) in [5, 5.41) is 13.1. The molecule has 3 heterocycles. The van der Waals surface area contributed by atoms with E-state index >= 15 is 0 Å². The lowest BCUT2D eigenvalue weighted by atomic mass is 9.92. The van der Waals surface area contributed by atoms with Crippen LogP contribution in [-0.4, -0.2) is 46.3 Å². The molecule has 33 heavy (non-hydrogen) atoms. The van der Waals surface area contributed by atoms with Gasteiger partial charge in [-0.25, -0.2) is 4.79 Å². The molecule has 0 bridgehead atoms. The zero-order valence-corrected chi connectivity index (χ0v) is 20.4. The van der Waals surface area contributed by atoms with Crippen LogP contribution in [0.5, 0.6) is 5.88 Å². The van der Waals surface area contributed by atoms with Crippen molar-refractivity contribution in [2.24, 2.45) is 5.41 Å². The minimum atomic E-state index is -0.917. The quantitative estimate of drug-likeness (QED) is 0.575. The fourth-order valence-corrected chi connectivity index (χ4v) is 4.99. The van der Waals surface area contributed by atoms with Gasteiger partial charge >= 0.3 is 5.97 Å². The molecule has 2 aliphatic rings. The summed E-state index contributed by atoms with van der Waals surface area (Å²) < 4.78 is 6.15. The van der Waals surface area contributed by atoms with Crippen LogP contribution in [0, 0.1) is 17.3 Å². The fraction of sp³-hybridized carbons (Fsp3) is 0.560. The summed E-state index contributed by atoms with van der Waals surface area (Å²) in [6.45, 7) is 8.18. The van der Waals surface area contributed by atoms with Crippen LogP contribution >= 0.6 is 11.3 Å². The Morgan fingerprint density at radius 3 is 2.61 bits per heavy atom. The van der Waals surface area contributed by atoms with E-state index in [-0.39, 0.29) is 17.6 Å². The molecule has 0 radical (unpaired) electrons. The summed E-state index contributed by atoms with van der Waals surface area (Å²) >= 11 is 1.23. The van der Waals surface area contributed by atoms with Gasteiger partial charge in [-0.1, -0.05) is 11.8 Å². The van der Waals surface area contributed by atoms with E-state index in [1.165, 1.54) is 24.2 Å². The molecule has 0 aromatic carbocycles. The Bertz CT molecular complexity index is 1040. The minimum absolute atomic E-state index is 0.0980. The number of nitrogens with one attached hydrogen (secondary N) is 1. The van der Waals surface area contributed by atoms with Gasteiger partial charge in [-0.2, -0.15) is 4.98 Å². The molecule has 8 heteroatoms. The zero-order valence-electron chi connectivity index (χ0n) is 19.6. The summed E-state index contributed by atoms with van der Waals surface area (Å²) in [6.07, 6.45) is 9.57. The van der Waals surface area contributed by atoms with Gasteiger partial charge in [-0.15, -0.1) is 11.3 Å². The monoisotopic (exact) mass is 468 g/mol. The largest absolute Gasteiger partial charge is 0.477 e. The first-order valence-electron chi connectivity index (χ1n) is 11.7. The molecule has 2 aromatic rings. The van der Waals surface area contributed by atoms with Crippen LogP contribution in [0.25, 0.3) is 0 Å². The molecule has 2 aromatic heterocycles. The summed E-state index contributed by atoms with van der Waals surface area (Å²) in [4.78, 5) is 24.1. The molecule has 0 spiro atoms. The normalized spacial score (nSPS) is 20.8. The number of hydrogen-bond acceptors (Lipinski definition) is 7. The van der Waals surface area contributed by atoms with E-state index < -0.39 is 5.97 Å². The first kappa shape index (κ1) is 23.4. The number of carboxylic acids is 1. The van der Waals surface area contributed by atoms with E-state index in [1.54, 1.807) is 12.4 Å². The van der Waals surface area contributed by atoms with Crippen molar-refractivity contribution >= 4 is 28.8 Å². The topological polar surface area (TPSA) is 87.6 Å². The van der Waals surface area contributed by atoms with Gasteiger partial charge in [0, 0.05) is 24.5 Å². The number of rotatable bonds is 6. The third-order valence-electron chi connectivity index (χ3n) is 5.84. The van der Waals surface area contributed by atoms with Crippen molar-refractivity contribution < 1.29 is 14.6 Å². The number of carboxylic acid groups (broad SMARTS) is 1. The highest BCUT2D eigenvalue weighted by atomic mass is 32.1. The van der Waals surface area contributed by atoms with Gasteiger partial charge in [0.25, 0.3) is 0 Å². The molecule has 1 aliphatic carbocycles. The van der Waals surface area contributed by atoms with Crippen LogP contribution in [0.15, 0.2) is 18.5 Å². The van der Waals surface area contributed by atoms with Crippen LogP contribution in [0.3, 0.4) is 0 Å². The molecule has 7 nitrogen and oxygen atoms in total. The van der Waals surface area contributed by atoms with E-state index in [1.807, 2.05) is 26.8 Å². The number of nitrogens with zero attached hydrogens (tertiary/aromatic N) is 3. The summed E-state index contributed by atoms with van der Waals surface area (Å²) in [5.74, 6) is 6.87. The Hall–Kier alpha value is -2.79. The number of aromatic nitrogens is 2. The van der Waals surface area contributed by atoms with Crippen LogP contribution in [0.1, 0.15) is 73.8 Å². The van der Waals surface area contributed by atoms with E-state index in [4.69, 9.17) is 4.74 Å². The Morgan fingerprint density at radius 2 is 1.94 bits per heavy atom. The van der Waals surface area contributed by atoms with Gasteiger partial charge in [0.15, 0.2) is 5.82 Å². The lowest BCUT2D eigenvalue weighted by molar-refractivity contribution is 0.0703. The second-order valence-corrected chi connectivity index (χ2v) is 10.9. The average Bonchev–Trinajstić information content (AvgIpc) is 3.44. The van der Waals surface area contributed by atoms with E-state index in [2.05, 4.69) is 32.0 Å². The Kier molecular flexibility index (Phi) is 7.08. The van der Waals surface area contributed by atoms with Gasteiger partial charge in [0.05, 0.1) is 23.0 Å². The highest BCUT2D eigenvalue weighted by Crippen LogP contribution is 2.31. The molecular formula is C25H32N4O3S. The number of anilines is 2. The molecule has 0 unspecified atom stereocenters. The molecule has 1 saturated heterocycles. The van der Waals surface area contributed by atoms with Crippen LogP contribution in [-0.2, 0) is 0 Å². The van der Waals surface area contributed by atoms with Gasteiger partial charge in [-0.05, 0) is 65.4 Å². The van der Waals surface area contributed by atoms with Crippen molar-refractivity contribution in [3.05, 3.63) is 28.2 Å². The maximum absolute atomic E-state index is 11.7. The molecule has 0 atom stereocenters. The number of carbonyl (C=O) groups is 1. The Labute approximate surface area is 199 Å².